The minimum atomic E-state index is -4.60. The van der Waals surface area contributed by atoms with Gasteiger partial charge < -0.3 is 10.4 Å². The van der Waals surface area contributed by atoms with Crippen LogP contribution in [0.4, 0.5) is 17.6 Å². The zero-order valence-corrected chi connectivity index (χ0v) is 17.1. The van der Waals surface area contributed by atoms with Crippen LogP contribution in [0.15, 0.2) is 60.8 Å². The van der Waals surface area contributed by atoms with Gasteiger partial charge in [-0.15, -0.1) is 0 Å². The number of nitrogens with zero attached hydrogens (tertiary/aromatic N) is 1. The Labute approximate surface area is 181 Å². The standard InChI is InChI=1S/C24H20F4N2O2/c1-14(31)19-12-21(24(26,27)28)29-13-20(19)15-2-6-17(7-3-15)23(10-11-23)30-22(32)16-4-8-18(25)9-5-16/h2-9,12-14,31H,10-11H2,1H3,(H,30,32)/t14-/m1/s1. The molecule has 1 amide bonds. The fraction of sp³-hybridized carbons (Fsp3) is 0.250. The second-order valence-corrected chi connectivity index (χ2v) is 7.95. The number of aliphatic hydroxyl groups is 1. The van der Waals surface area contributed by atoms with Gasteiger partial charge in [0.2, 0.25) is 0 Å². The Bertz CT molecular complexity index is 1140. The van der Waals surface area contributed by atoms with Gasteiger partial charge in [-0.05, 0) is 66.8 Å². The summed E-state index contributed by atoms with van der Waals surface area (Å²) in [4.78, 5) is 16.1. The molecule has 4 rings (SSSR count). The highest BCUT2D eigenvalue weighted by molar-refractivity contribution is 5.95. The lowest BCUT2D eigenvalue weighted by Gasteiger charge is -2.19. The van der Waals surface area contributed by atoms with Crippen LogP contribution in [-0.2, 0) is 11.7 Å². The number of nitrogens with one attached hydrogen (secondary N) is 1. The highest BCUT2D eigenvalue weighted by Gasteiger charge is 2.45. The lowest BCUT2D eigenvalue weighted by molar-refractivity contribution is -0.141. The van der Waals surface area contributed by atoms with Crippen LogP contribution in [0, 0.1) is 5.82 Å². The van der Waals surface area contributed by atoms with Crippen molar-refractivity contribution in [3.63, 3.8) is 0 Å². The highest BCUT2D eigenvalue weighted by atomic mass is 19.4. The van der Waals surface area contributed by atoms with Crippen LogP contribution in [0.1, 0.15) is 53.0 Å². The number of hydrogen-bond donors (Lipinski definition) is 2. The molecule has 1 fully saturated rings. The summed E-state index contributed by atoms with van der Waals surface area (Å²) in [7, 11) is 0. The first-order valence-corrected chi connectivity index (χ1v) is 10.0. The summed E-state index contributed by atoms with van der Waals surface area (Å²) in [5.41, 5.74) is 0.753. The van der Waals surface area contributed by atoms with Gasteiger partial charge >= 0.3 is 6.18 Å². The van der Waals surface area contributed by atoms with Crippen LogP contribution in [0.25, 0.3) is 11.1 Å². The van der Waals surface area contributed by atoms with E-state index < -0.39 is 29.3 Å². The largest absolute Gasteiger partial charge is 0.433 e. The van der Waals surface area contributed by atoms with Crippen LogP contribution in [0.3, 0.4) is 0 Å². The van der Waals surface area contributed by atoms with Crippen molar-refractivity contribution in [3.8, 4) is 11.1 Å². The number of benzene rings is 2. The van der Waals surface area contributed by atoms with E-state index in [2.05, 4.69) is 10.3 Å². The minimum absolute atomic E-state index is 0.130. The van der Waals surface area contributed by atoms with Gasteiger partial charge in [-0.1, -0.05) is 24.3 Å². The van der Waals surface area contributed by atoms with E-state index >= 15 is 0 Å². The Morgan fingerprint density at radius 1 is 1.09 bits per heavy atom. The van der Waals surface area contributed by atoms with Crippen LogP contribution >= 0.6 is 0 Å². The van der Waals surface area contributed by atoms with Gasteiger partial charge in [0.05, 0.1) is 11.6 Å². The maximum atomic E-state index is 13.1. The maximum Gasteiger partial charge on any atom is 0.433 e. The van der Waals surface area contributed by atoms with E-state index in [4.69, 9.17) is 0 Å². The Kier molecular flexibility index (Phi) is 5.50. The highest BCUT2D eigenvalue weighted by Crippen LogP contribution is 2.46. The normalized spacial score (nSPS) is 15.8. The summed E-state index contributed by atoms with van der Waals surface area (Å²) in [5, 5.41) is 13.0. The molecule has 0 spiro atoms. The van der Waals surface area contributed by atoms with Gasteiger partial charge in [-0.3, -0.25) is 9.78 Å². The Balaban J connectivity index is 1.58. The van der Waals surface area contributed by atoms with Crippen molar-refractivity contribution in [1.29, 1.82) is 0 Å². The molecular weight excluding hydrogens is 424 g/mol. The third-order valence-corrected chi connectivity index (χ3v) is 5.63. The minimum Gasteiger partial charge on any atom is -0.389 e. The number of aromatic nitrogens is 1. The van der Waals surface area contributed by atoms with Gasteiger partial charge in [0, 0.05) is 17.3 Å². The predicted octanol–water partition coefficient (Wildman–Crippen LogP) is 5.38. The van der Waals surface area contributed by atoms with E-state index in [0.717, 1.165) is 30.7 Å². The Morgan fingerprint density at radius 2 is 1.72 bits per heavy atom. The zero-order chi connectivity index (χ0) is 23.1. The maximum absolute atomic E-state index is 13.1. The molecule has 2 N–H and O–H groups in total. The van der Waals surface area contributed by atoms with Crippen LogP contribution in [-0.4, -0.2) is 16.0 Å². The monoisotopic (exact) mass is 444 g/mol. The van der Waals surface area contributed by atoms with Crippen molar-refractivity contribution in [2.45, 2.75) is 37.6 Å². The number of pyridine rings is 1. The fourth-order valence-corrected chi connectivity index (χ4v) is 3.68. The molecule has 1 heterocycles. The summed E-state index contributed by atoms with van der Waals surface area (Å²) in [6, 6.07) is 13.2. The molecule has 1 atom stereocenters. The Morgan fingerprint density at radius 3 is 2.25 bits per heavy atom. The zero-order valence-electron chi connectivity index (χ0n) is 17.1. The number of halogens is 4. The lowest BCUT2D eigenvalue weighted by Crippen LogP contribution is -2.34. The molecule has 166 valence electrons. The van der Waals surface area contributed by atoms with Crippen LogP contribution in [0.2, 0.25) is 0 Å². The molecule has 32 heavy (non-hydrogen) atoms. The number of alkyl halides is 3. The van der Waals surface area contributed by atoms with Crippen molar-refractivity contribution in [2.75, 3.05) is 0 Å². The van der Waals surface area contributed by atoms with Gasteiger partial charge in [-0.2, -0.15) is 13.2 Å². The molecule has 8 heteroatoms. The van der Waals surface area contributed by atoms with E-state index in [-0.39, 0.29) is 11.5 Å². The van der Waals surface area contributed by atoms with Crippen molar-refractivity contribution in [3.05, 3.63) is 89.0 Å². The average Bonchev–Trinajstić information content (AvgIpc) is 3.53. The Hall–Kier alpha value is -3.26. The van der Waals surface area contributed by atoms with E-state index in [1.807, 2.05) is 0 Å². The molecule has 0 aliphatic heterocycles. The molecular formula is C24H20F4N2O2. The van der Waals surface area contributed by atoms with E-state index in [1.54, 1.807) is 24.3 Å². The third-order valence-electron chi connectivity index (χ3n) is 5.63. The second-order valence-electron chi connectivity index (χ2n) is 7.95. The first-order chi connectivity index (χ1) is 15.1. The van der Waals surface area contributed by atoms with Crippen molar-refractivity contribution < 1.29 is 27.5 Å². The molecule has 1 aliphatic rings. The second kappa shape index (κ2) is 8.02. The van der Waals surface area contributed by atoms with Crippen molar-refractivity contribution in [1.82, 2.24) is 10.3 Å². The first-order valence-electron chi connectivity index (χ1n) is 10.0. The van der Waals surface area contributed by atoms with Crippen LogP contribution in [0.5, 0.6) is 0 Å². The number of carbonyl (C=O) groups is 1. The molecule has 3 aromatic rings. The predicted molar refractivity (Wildman–Crippen MR) is 110 cm³/mol. The van der Waals surface area contributed by atoms with E-state index in [9.17, 15) is 27.5 Å². The molecule has 0 radical (unpaired) electrons. The number of hydrogen-bond acceptors (Lipinski definition) is 3. The number of carbonyl (C=O) groups excluding carboxylic acids is 1. The summed E-state index contributed by atoms with van der Waals surface area (Å²) in [5.74, 6) is -0.734. The topological polar surface area (TPSA) is 62.2 Å². The van der Waals surface area contributed by atoms with Gasteiger partial charge in [0.15, 0.2) is 0 Å². The first kappa shape index (κ1) is 22.0. The molecule has 0 unspecified atom stereocenters. The molecule has 1 saturated carbocycles. The fourth-order valence-electron chi connectivity index (χ4n) is 3.68. The summed E-state index contributed by atoms with van der Waals surface area (Å²) >= 11 is 0. The van der Waals surface area contributed by atoms with Gasteiger partial charge in [0.1, 0.15) is 11.5 Å². The number of aliphatic hydroxyl groups excluding tert-OH is 1. The smallest absolute Gasteiger partial charge is 0.389 e. The molecule has 0 bridgehead atoms. The molecule has 2 aromatic carbocycles. The summed E-state index contributed by atoms with van der Waals surface area (Å²) in [6.45, 7) is 1.40. The molecule has 0 saturated heterocycles. The van der Waals surface area contributed by atoms with Crippen molar-refractivity contribution >= 4 is 5.91 Å². The van der Waals surface area contributed by atoms with E-state index in [0.29, 0.717) is 16.7 Å². The lowest BCUT2D eigenvalue weighted by atomic mass is 9.95. The molecule has 1 aromatic heterocycles. The third kappa shape index (κ3) is 4.36. The molecule has 1 aliphatic carbocycles. The van der Waals surface area contributed by atoms with Crippen LogP contribution < -0.4 is 5.32 Å². The number of amides is 1. The summed E-state index contributed by atoms with van der Waals surface area (Å²) < 4.78 is 52.1. The molecule has 4 nitrogen and oxygen atoms in total. The van der Waals surface area contributed by atoms with Gasteiger partial charge in [0.25, 0.3) is 5.91 Å². The summed E-state index contributed by atoms with van der Waals surface area (Å²) in [6.07, 6.45) is -3.13. The van der Waals surface area contributed by atoms with E-state index in [1.165, 1.54) is 31.2 Å². The SMILES string of the molecule is C[C@@H](O)c1cc(C(F)(F)F)ncc1-c1ccc(C2(NC(=O)c3ccc(F)cc3)CC2)cc1. The quantitative estimate of drug-likeness (QED) is 0.520. The number of rotatable bonds is 5. The van der Waals surface area contributed by atoms with Crippen molar-refractivity contribution in [2.24, 2.45) is 0 Å². The van der Waals surface area contributed by atoms with Gasteiger partial charge in [-0.25, -0.2) is 4.39 Å². The average molecular weight is 444 g/mol.